The molecule has 0 aliphatic carbocycles. The van der Waals surface area contributed by atoms with Crippen molar-refractivity contribution in [1.82, 2.24) is 4.90 Å². The van der Waals surface area contributed by atoms with E-state index in [1.54, 1.807) is 31.2 Å². The minimum Gasteiger partial charge on any atom is -0.507 e. The van der Waals surface area contributed by atoms with Gasteiger partial charge in [-0.15, -0.1) is 0 Å². The predicted octanol–water partition coefficient (Wildman–Crippen LogP) is 2.83. The fraction of sp³-hybridized carbons (Fsp3) is 0.304. The molecule has 2 aliphatic heterocycles. The number of hydrogen-bond acceptors (Lipinski definition) is 6. The van der Waals surface area contributed by atoms with Gasteiger partial charge in [-0.1, -0.05) is 30.3 Å². The summed E-state index contributed by atoms with van der Waals surface area (Å²) in [5.74, 6) is -3.06. The number of carbonyl (C=O) groups is 2. The first-order valence-corrected chi connectivity index (χ1v) is 12.0. The van der Waals surface area contributed by atoms with Gasteiger partial charge in [-0.25, -0.2) is 12.8 Å². The summed E-state index contributed by atoms with van der Waals surface area (Å²) in [6, 6.07) is 9.97. The number of hydrogen-bond donors (Lipinski definition) is 1. The van der Waals surface area contributed by atoms with E-state index in [-0.39, 0.29) is 34.6 Å². The lowest BCUT2D eigenvalue weighted by molar-refractivity contribution is -0.141. The highest BCUT2D eigenvalue weighted by Crippen LogP contribution is 2.43. The van der Waals surface area contributed by atoms with Crippen LogP contribution in [0.15, 0.2) is 54.1 Å². The molecule has 0 saturated carbocycles. The molecule has 2 fully saturated rings. The van der Waals surface area contributed by atoms with Crippen molar-refractivity contribution in [2.45, 2.75) is 25.4 Å². The Balaban J connectivity index is 1.89. The third-order valence-corrected chi connectivity index (χ3v) is 7.45. The first-order chi connectivity index (χ1) is 15.2. The third-order valence-electron chi connectivity index (χ3n) is 5.70. The summed E-state index contributed by atoms with van der Waals surface area (Å²) in [7, 11) is -3.39. The van der Waals surface area contributed by atoms with Crippen LogP contribution in [0.3, 0.4) is 0 Å². The van der Waals surface area contributed by atoms with E-state index in [1.165, 1.54) is 24.3 Å². The number of amides is 1. The van der Waals surface area contributed by atoms with Gasteiger partial charge in [0.25, 0.3) is 11.7 Å². The Morgan fingerprint density at radius 3 is 2.59 bits per heavy atom. The summed E-state index contributed by atoms with van der Waals surface area (Å²) >= 11 is 0. The Hall–Kier alpha value is -3.20. The van der Waals surface area contributed by atoms with Crippen molar-refractivity contribution in [3.8, 4) is 5.75 Å². The van der Waals surface area contributed by atoms with Gasteiger partial charge in [-0.3, -0.25) is 9.59 Å². The van der Waals surface area contributed by atoms with Crippen LogP contribution in [-0.2, 0) is 19.4 Å². The van der Waals surface area contributed by atoms with Gasteiger partial charge in [0, 0.05) is 17.2 Å². The van der Waals surface area contributed by atoms with Crippen LogP contribution in [0.25, 0.3) is 5.76 Å². The van der Waals surface area contributed by atoms with Gasteiger partial charge in [-0.2, -0.15) is 0 Å². The maximum Gasteiger partial charge on any atom is 0.295 e. The number of rotatable bonds is 5. The van der Waals surface area contributed by atoms with E-state index >= 15 is 0 Å². The van der Waals surface area contributed by atoms with Gasteiger partial charge in [0.05, 0.1) is 29.7 Å². The number of Topliss-reactive ketones (excluding diaryl/α,β-unsaturated/α-hetero) is 1. The number of halogens is 1. The van der Waals surface area contributed by atoms with E-state index in [0.717, 1.165) is 4.90 Å². The average molecular weight is 459 g/mol. The second-order valence-electron chi connectivity index (χ2n) is 7.75. The highest BCUT2D eigenvalue weighted by molar-refractivity contribution is 7.91. The lowest BCUT2D eigenvalue weighted by Crippen LogP contribution is -2.40. The number of carbonyl (C=O) groups excluding carboxylic acids is 2. The summed E-state index contributed by atoms with van der Waals surface area (Å²) < 4.78 is 44.4. The van der Waals surface area contributed by atoms with Gasteiger partial charge in [0.15, 0.2) is 9.84 Å². The van der Waals surface area contributed by atoms with E-state index in [9.17, 15) is 27.5 Å². The fourth-order valence-corrected chi connectivity index (χ4v) is 5.99. The molecule has 7 nitrogen and oxygen atoms in total. The minimum atomic E-state index is -3.39. The van der Waals surface area contributed by atoms with E-state index < -0.39 is 45.2 Å². The normalized spacial score (nSPS) is 24.1. The topological polar surface area (TPSA) is 101 Å². The highest BCUT2D eigenvalue weighted by Gasteiger charge is 2.51. The second-order valence-corrected chi connectivity index (χ2v) is 9.97. The van der Waals surface area contributed by atoms with Gasteiger partial charge in [0.1, 0.15) is 17.3 Å². The maximum absolute atomic E-state index is 14.8. The number of ketones is 1. The molecule has 2 saturated heterocycles. The molecule has 0 radical (unpaired) electrons. The second kappa shape index (κ2) is 8.38. The van der Waals surface area contributed by atoms with Gasteiger partial charge < -0.3 is 14.7 Å². The Labute approximate surface area is 185 Å². The summed E-state index contributed by atoms with van der Waals surface area (Å²) in [5, 5.41) is 11.1. The smallest absolute Gasteiger partial charge is 0.295 e. The van der Waals surface area contributed by atoms with Crippen LogP contribution >= 0.6 is 0 Å². The van der Waals surface area contributed by atoms with Crippen LogP contribution < -0.4 is 4.74 Å². The third kappa shape index (κ3) is 3.88. The van der Waals surface area contributed by atoms with E-state index in [2.05, 4.69) is 0 Å². The number of ether oxygens (including phenoxy) is 1. The zero-order valence-electron chi connectivity index (χ0n) is 17.3. The quantitative estimate of drug-likeness (QED) is 0.419. The number of aliphatic hydroxyl groups is 1. The minimum absolute atomic E-state index is 0.0125. The zero-order chi connectivity index (χ0) is 23.0. The molecule has 2 unspecified atom stereocenters. The first-order valence-electron chi connectivity index (χ1n) is 10.2. The van der Waals surface area contributed by atoms with Crippen molar-refractivity contribution in [3.05, 3.63) is 71.0 Å². The lowest BCUT2D eigenvalue weighted by atomic mass is 9.94. The SMILES string of the molecule is CCOc1cccc(/C(O)=C2\C(=O)C(=O)N(C3CCS(=O)(=O)C3)C2c2ccccc2F)c1. The summed E-state index contributed by atoms with van der Waals surface area (Å²) in [4.78, 5) is 27.2. The molecule has 0 bridgehead atoms. The molecule has 2 aromatic rings. The first kappa shape index (κ1) is 22.0. The van der Waals surface area contributed by atoms with Crippen LogP contribution in [-0.4, -0.2) is 54.3 Å². The highest BCUT2D eigenvalue weighted by atomic mass is 32.2. The van der Waals surface area contributed by atoms with Crippen molar-refractivity contribution < 1.29 is 32.2 Å². The maximum atomic E-state index is 14.8. The van der Waals surface area contributed by atoms with E-state index in [1.807, 2.05) is 0 Å². The predicted molar refractivity (Wildman–Crippen MR) is 115 cm³/mol. The molecule has 2 aromatic carbocycles. The molecule has 2 heterocycles. The van der Waals surface area contributed by atoms with Crippen LogP contribution in [0, 0.1) is 5.82 Å². The van der Waals surface area contributed by atoms with Gasteiger partial charge in [-0.05, 0) is 31.5 Å². The van der Waals surface area contributed by atoms with Crippen LogP contribution in [0.4, 0.5) is 4.39 Å². The van der Waals surface area contributed by atoms with Crippen molar-refractivity contribution in [2.24, 2.45) is 0 Å². The number of aliphatic hydroxyl groups excluding tert-OH is 1. The Bertz CT molecular complexity index is 1220. The molecule has 2 aliphatic rings. The number of nitrogens with zero attached hydrogens (tertiary/aromatic N) is 1. The molecule has 168 valence electrons. The Kier molecular flexibility index (Phi) is 5.77. The fourth-order valence-electron chi connectivity index (χ4n) is 4.28. The molecule has 32 heavy (non-hydrogen) atoms. The average Bonchev–Trinajstić information content (AvgIpc) is 3.24. The molecule has 9 heteroatoms. The summed E-state index contributed by atoms with van der Waals surface area (Å²) in [6.07, 6.45) is 0.139. The number of likely N-dealkylation sites (tertiary alicyclic amines) is 1. The molecule has 2 atom stereocenters. The van der Waals surface area contributed by atoms with Crippen molar-refractivity contribution >= 4 is 27.3 Å². The van der Waals surface area contributed by atoms with Crippen molar-refractivity contribution in [3.63, 3.8) is 0 Å². The van der Waals surface area contributed by atoms with Crippen LogP contribution in [0.5, 0.6) is 5.75 Å². The van der Waals surface area contributed by atoms with Gasteiger partial charge >= 0.3 is 0 Å². The van der Waals surface area contributed by atoms with E-state index in [0.29, 0.717) is 12.4 Å². The molecular formula is C23H22FNO6S. The lowest BCUT2D eigenvalue weighted by Gasteiger charge is -2.30. The summed E-state index contributed by atoms with van der Waals surface area (Å²) in [5.41, 5.74) is -0.0362. The Morgan fingerprint density at radius 1 is 1.19 bits per heavy atom. The van der Waals surface area contributed by atoms with Crippen molar-refractivity contribution in [1.29, 1.82) is 0 Å². The van der Waals surface area contributed by atoms with Crippen LogP contribution in [0.2, 0.25) is 0 Å². The zero-order valence-corrected chi connectivity index (χ0v) is 18.1. The number of sulfone groups is 1. The monoisotopic (exact) mass is 459 g/mol. The molecule has 4 rings (SSSR count). The standard InChI is InChI=1S/C23H22FNO6S/c1-2-31-16-7-5-6-14(12-16)21(26)19-20(17-8-3-4-9-18(17)24)25(23(28)22(19)27)15-10-11-32(29,30)13-15/h3-9,12,15,20,26H,2,10-11,13H2,1H3/b21-19+. The molecule has 1 amide bonds. The summed E-state index contributed by atoms with van der Waals surface area (Å²) in [6.45, 7) is 2.19. The van der Waals surface area contributed by atoms with Crippen LogP contribution in [0.1, 0.15) is 30.5 Å². The Morgan fingerprint density at radius 2 is 1.94 bits per heavy atom. The number of benzene rings is 2. The van der Waals surface area contributed by atoms with Crippen molar-refractivity contribution in [2.75, 3.05) is 18.1 Å². The van der Waals surface area contributed by atoms with E-state index in [4.69, 9.17) is 4.74 Å². The molecule has 0 aromatic heterocycles. The molecule has 0 spiro atoms. The van der Waals surface area contributed by atoms with Gasteiger partial charge in [0.2, 0.25) is 0 Å². The molecule has 1 N–H and O–H groups in total. The molecular weight excluding hydrogens is 437 g/mol. The largest absolute Gasteiger partial charge is 0.507 e.